The van der Waals surface area contributed by atoms with Gasteiger partial charge in [0.15, 0.2) is 0 Å². The van der Waals surface area contributed by atoms with Crippen molar-refractivity contribution in [3.63, 3.8) is 0 Å². The first-order valence-corrected chi connectivity index (χ1v) is 6.67. The standard InChI is InChI=1S/C12H13BrClNO2/c13-10-6-8(3-4-11(10)14)12(17)15-5-1-2-9(15)7-16/h3-4,6,9,16H,1-2,5,7H2/t9-/m0/s1. The highest BCUT2D eigenvalue weighted by Gasteiger charge is 2.28. The van der Waals surface area contributed by atoms with Gasteiger partial charge in [-0.1, -0.05) is 11.6 Å². The van der Waals surface area contributed by atoms with Gasteiger partial charge < -0.3 is 10.0 Å². The van der Waals surface area contributed by atoms with Crippen LogP contribution in [0.2, 0.25) is 5.02 Å². The molecule has 0 unspecified atom stereocenters. The van der Waals surface area contributed by atoms with E-state index >= 15 is 0 Å². The Morgan fingerprint density at radius 2 is 2.35 bits per heavy atom. The topological polar surface area (TPSA) is 40.5 Å². The second-order valence-electron chi connectivity index (χ2n) is 4.11. The Labute approximate surface area is 114 Å². The number of aliphatic hydroxyl groups is 1. The molecule has 1 aromatic carbocycles. The summed E-state index contributed by atoms with van der Waals surface area (Å²) in [6, 6.07) is 5.08. The van der Waals surface area contributed by atoms with Crippen LogP contribution in [0.1, 0.15) is 23.2 Å². The van der Waals surface area contributed by atoms with Crippen molar-refractivity contribution in [1.29, 1.82) is 0 Å². The van der Waals surface area contributed by atoms with E-state index in [0.29, 0.717) is 21.6 Å². The van der Waals surface area contributed by atoms with Crippen LogP contribution >= 0.6 is 27.5 Å². The number of likely N-dealkylation sites (tertiary alicyclic amines) is 1. The summed E-state index contributed by atoms with van der Waals surface area (Å²) in [5.41, 5.74) is 0.599. The van der Waals surface area contributed by atoms with Gasteiger partial charge in [0.05, 0.1) is 17.7 Å². The van der Waals surface area contributed by atoms with Gasteiger partial charge in [0.2, 0.25) is 0 Å². The number of benzene rings is 1. The molecule has 1 amide bonds. The lowest BCUT2D eigenvalue weighted by molar-refractivity contribution is 0.0677. The van der Waals surface area contributed by atoms with Gasteiger partial charge in [-0.15, -0.1) is 0 Å². The molecule has 1 saturated heterocycles. The summed E-state index contributed by atoms with van der Waals surface area (Å²) in [4.78, 5) is 14.0. The van der Waals surface area contributed by atoms with Gasteiger partial charge in [-0.25, -0.2) is 0 Å². The molecule has 0 aromatic heterocycles. The van der Waals surface area contributed by atoms with Crippen molar-refractivity contribution >= 4 is 33.4 Å². The Morgan fingerprint density at radius 1 is 1.59 bits per heavy atom. The van der Waals surface area contributed by atoms with Crippen LogP contribution in [0.15, 0.2) is 22.7 Å². The van der Waals surface area contributed by atoms with E-state index < -0.39 is 0 Å². The number of hydrogen-bond donors (Lipinski definition) is 1. The molecule has 1 atom stereocenters. The molecule has 0 aliphatic carbocycles. The summed E-state index contributed by atoms with van der Waals surface area (Å²) in [6.07, 6.45) is 1.82. The average molecular weight is 319 g/mol. The van der Waals surface area contributed by atoms with E-state index in [-0.39, 0.29) is 18.6 Å². The minimum absolute atomic E-state index is 0.0283. The van der Waals surface area contributed by atoms with Gasteiger partial charge in [-0.2, -0.15) is 0 Å². The molecule has 1 aromatic rings. The summed E-state index contributed by atoms with van der Waals surface area (Å²) in [5, 5.41) is 9.79. The molecule has 1 fully saturated rings. The van der Waals surface area contributed by atoms with Crippen molar-refractivity contribution in [3.8, 4) is 0 Å². The summed E-state index contributed by atoms with van der Waals surface area (Å²) >= 11 is 9.19. The monoisotopic (exact) mass is 317 g/mol. The van der Waals surface area contributed by atoms with E-state index in [1.807, 2.05) is 0 Å². The van der Waals surface area contributed by atoms with E-state index in [2.05, 4.69) is 15.9 Å². The third-order valence-electron chi connectivity index (χ3n) is 3.02. The van der Waals surface area contributed by atoms with Gasteiger partial charge in [-0.05, 0) is 47.0 Å². The maximum atomic E-state index is 12.2. The van der Waals surface area contributed by atoms with Gasteiger partial charge in [0.1, 0.15) is 0 Å². The fraction of sp³-hybridized carbons (Fsp3) is 0.417. The Hall–Kier alpha value is -0.580. The molecule has 92 valence electrons. The Kier molecular flexibility index (Phi) is 4.07. The summed E-state index contributed by atoms with van der Waals surface area (Å²) in [6.45, 7) is 0.741. The Morgan fingerprint density at radius 3 is 3.00 bits per heavy atom. The highest BCUT2D eigenvalue weighted by Crippen LogP contribution is 2.25. The number of aliphatic hydroxyl groups excluding tert-OH is 1. The highest BCUT2D eigenvalue weighted by atomic mass is 79.9. The van der Waals surface area contributed by atoms with Crippen molar-refractivity contribution in [2.75, 3.05) is 13.2 Å². The molecule has 2 rings (SSSR count). The zero-order valence-corrected chi connectivity index (χ0v) is 11.5. The number of rotatable bonds is 2. The fourth-order valence-corrected chi connectivity index (χ4v) is 2.58. The van der Waals surface area contributed by atoms with E-state index in [4.69, 9.17) is 11.6 Å². The van der Waals surface area contributed by atoms with Crippen molar-refractivity contribution in [2.45, 2.75) is 18.9 Å². The van der Waals surface area contributed by atoms with Crippen LogP contribution in [0.3, 0.4) is 0 Å². The number of amides is 1. The SMILES string of the molecule is O=C(c1ccc(Cl)c(Br)c1)N1CCC[C@H]1CO. The smallest absolute Gasteiger partial charge is 0.254 e. The predicted octanol–water partition coefficient (Wildman–Crippen LogP) is 2.70. The number of nitrogens with zero attached hydrogens (tertiary/aromatic N) is 1. The predicted molar refractivity (Wildman–Crippen MR) is 70.3 cm³/mol. The van der Waals surface area contributed by atoms with Crippen LogP contribution in [-0.2, 0) is 0 Å². The van der Waals surface area contributed by atoms with E-state index in [1.165, 1.54) is 0 Å². The van der Waals surface area contributed by atoms with Crippen LogP contribution in [0.25, 0.3) is 0 Å². The molecule has 1 heterocycles. The zero-order chi connectivity index (χ0) is 12.4. The minimum atomic E-state index is -0.0445. The second-order valence-corrected chi connectivity index (χ2v) is 5.37. The molecule has 0 spiro atoms. The van der Waals surface area contributed by atoms with Gasteiger partial charge in [-0.3, -0.25) is 4.79 Å². The van der Waals surface area contributed by atoms with Crippen molar-refractivity contribution < 1.29 is 9.90 Å². The van der Waals surface area contributed by atoms with Crippen LogP contribution in [0.5, 0.6) is 0 Å². The normalized spacial score (nSPS) is 19.7. The molecule has 1 aliphatic rings. The maximum Gasteiger partial charge on any atom is 0.254 e. The molecule has 0 bridgehead atoms. The first-order chi connectivity index (χ1) is 8.13. The molecular formula is C12H13BrClNO2. The molecule has 5 heteroatoms. The molecule has 3 nitrogen and oxygen atoms in total. The largest absolute Gasteiger partial charge is 0.394 e. The minimum Gasteiger partial charge on any atom is -0.394 e. The van der Waals surface area contributed by atoms with Crippen LogP contribution in [0.4, 0.5) is 0 Å². The quantitative estimate of drug-likeness (QED) is 0.911. The van der Waals surface area contributed by atoms with Crippen LogP contribution < -0.4 is 0 Å². The van der Waals surface area contributed by atoms with Crippen molar-refractivity contribution in [1.82, 2.24) is 4.90 Å². The Bertz CT molecular complexity index is 439. The van der Waals surface area contributed by atoms with Gasteiger partial charge >= 0.3 is 0 Å². The van der Waals surface area contributed by atoms with Crippen molar-refractivity contribution in [3.05, 3.63) is 33.3 Å². The van der Waals surface area contributed by atoms with Crippen LogP contribution in [0, 0.1) is 0 Å². The number of halogens is 2. The molecular weight excluding hydrogens is 305 g/mol. The second kappa shape index (κ2) is 5.38. The molecule has 1 aliphatic heterocycles. The first-order valence-electron chi connectivity index (χ1n) is 5.50. The number of carbonyl (C=O) groups excluding carboxylic acids is 1. The molecule has 1 N–H and O–H groups in total. The third kappa shape index (κ3) is 2.64. The molecule has 0 radical (unpaired) electrons. The Balaban J connectivity index is 2.21. The highest BCUT2D eigenvalue weighted by molar-refractivity contribution is 9.10. The lowest BCUT2D eigenvalue weighted by Crippen LogP contribution is -2.37. The average Bonchev–Trinajstić information content (AvgIpc) is 2.80. The van der Waals surface area contributed by atoms with E-state index in [1.54, 1.807) is 23.1 Å². The van der Waals surface area contributed by atoms with E-state index in [0.717, 1.165) is 12.8 Å². The first kappa shape index (κ1) is 12.9. The van der Waals surface area contributed by atoms with Crippen molar-refractivity contribution in [2.24, 2.45) is 0 Å². The maximum absolute atomic E-state index is 12.2. The summed E-state index contributed by atoms with van der Waals surface area (Å²) in [7, 11) is 0. The summed E-state index contributed by atoms with van der Waals surface area (Å²) in [5.74, 6) is -0.0427. The number of hydrogen-bond acceptors (Lipinski definition) is 2. The zero-order valence-electron chi connectivity index (χ0n) is 9.20. The van der Waals surface area contributed by atoms with Gasteiger partial charge in [0.25, 0.3) is 5.91 Å². The van der Waals surface area contributed by atoms with E-state index in [9.17, 15) is 9.90 Å². The summed E-state index contributed by atoms with van der Waals surface area (Å²) < 4.78 is 0.713. The lowest BCUT2D eigenvalue weighted by Gasteiger charge is -2.23. The van der Waals surface area contributed by atoms with Crippen LogP contribution in [-0.4, -0.2) is 35.1 Å². The number of carbonyl (C=O) groups is 1. The fourth-order valence-electron chi connectivity index (χ4n) is 2.09. The third-order valence-corrected chi connectivity index (χ3v) is 4.23. The van der Waals surface area contributed by atoms with Gasteiger partial charge in [0, 0.05) is 16.6 Å². The molecule has 17 heavy (non-hydrogen) atoms. The molecule has 0 saturated carbocycles. The lowest BCUT2D eigenvalue weighted by atomic mass is 10.2.